The first-order valence-electron chi connectivity index (χ1n) is 8.25. The number of methoxy groups -OCH3 is 2. The summed E-state index contributed by atoms with van der Waals surface area (Å²) in [6.45, 7) is 1.50. The molecule has 2 rings (SSSR count). The van der Waals surface area contributed by atoms with Crippen LogP contribution >= 0.6 is 0 Å². The highest BCUT2D eigenvalue weighted by atomic mass is 32.2. The first-order valence-corrected chi connectivity index (χ1v) is 9.74. The second-order valence-corrected chi connectivity index (χ2v) is 8.06. The molecule has 1 atom stereocenters. The highest BCUT2D eigenvalue weighted by Gasteiger charge is 2.26. The molecule has 7 heteroatoms. The molecule has 0 aliphatic carbocycles. The van der Waals surface area contributed by atoms with Crippen molar-refractivity contribution in [3.8, 4) is 11.5 Å². The highest BCUT2D eigenvalue weighted by molar-refractivity contribution is 7.89. The van der Waals surface area contributed by atoms with E-state index in [2.05, 4.69) is 4.72 Å². The molecule has 0 saturated carbocycles. The van der Waals surface area contributed by atoms with Crippen molar-refractivity contribution in [3.63, 3.8) is 0 Å². The Balaban J connectivity index is 2.07. The Kier molecular flexibility index (Phi) is 6.63. The van der Waals surface area contributed by atoms with Crippen molar-refractivity contribution in [1.82, 2.24) is 4.72 Å². The Bertz CT molecular complexity index is 819. The third kappa shape index (κ3) is 5.45. The van der Waals surface area contributed by atoms with Crippen LogP contribution in [-0.4, -0.2) is 39.9 Å². The average molecular weight is 379 g/mol. The zero-order valence-electron chi connectivity index (χ0n) is 15.2. The van der Waals surface area contributed by atoms with Gasteiger partial charge in [0.1, 0.15) is 16.4 Å². The van der Waals surface area contributed by atoms with Gasteiger partial charge in [-0.2, -0.15) is 0 Å². The van der Waals surface area contributed by atoms with Crippen LogP contribution in [-0.2, 0) is 16.4 Å². The van der Waals surface area contributed by atoms with Crippen LogP contribution in [0.5, 0.6) is 11.5 Å². The molecule has 0 aromatic heterocycles. The molecule has 2 aromatic rings. The summed E-state index contributed by atoms with van der Waals surface area (Å²) in [6, 6.07) is 14.3. The number of hydrogen-bond donors (Lipinski definition) is 2. The fourth-order valence-electron chi connectivity index (χ4n) is 2.47. The van der Waals surface area contributed by atoms with Gasteiger partial charge in [-0.1, -0.05) is 30.3 Å². The zero-order chi connectivity index (χ0) is 19.2. The Morgan fingerprint density at radius 1 is 1.08 bits per heavy atom. The third-order valence-electron chi connectivity index (χ3n) is 4.10. The number of nitrogens with one attached hydrogen (secondary N) is 1. The zero-order valence-corrected chi connectivity index (χ0v) is 16.0. The van der Waals surface area contributed by atoms with E-state index in [1.54, 1.807) is 13.0 Å². The summed E-state index contributed by atoms with van der Waals surface area (Å²) in [6.07, 6.45) is 1.08. The van der Waals surface area contributed by atoms with Crippen molar-refractivity contribution in [1.29, 1.82) is 0 Å². The number of aryl methyl sites for hydroxylation is 1. The van der Waals surface area contributed by atoms with E-state index in [4.69, 9.17) is 9.47 Å². The molecule has 0 aliphatic heterocycles. The molecule has 0 saturated heterocycles. The van der Waals surface area contributed by atoms with Crippen LogP contribution in [0.1, 0.15) is 18.9 Å². The van der Waals surface area contributed by atoms with E-state index in [9.17, 15) is 13.5 Å². The summed E-state index contributed by atoms with van der Waals surface area (Å²) in [4.78, 5) is -0.0294. The molecule has 6 nitrogen and oxygen atoms in total. The number of ether oxygens (including phenoxy) is 2. The molecule has 0 spiro atoms. The van der Waals surface area contributed by atoms with Gasteiger partial charge < -0.3 is 14.6 Å². The third-order valence-corrected chi connectivity index (χ3v) is 5.52. The van der Waals surface area contributed by atoms with E-state index >= 15 is 0 Å². The van der Waals surface area contributed by atoms with Crippen LogP contribution in [0.25, 0.3) is 0 Å². The number of sulfonamides is 1. The first kappa shape index (κ1) is 20.2. The standard InChI is InChI=1S/C19H25NO5S/c1-19(21,12-11-15-7-5-4-6-8-15)14-20-26(22,23)18-13-16(24-2)9-10-17(18)25-3/h4-10,13,20-21H,11-12,14H2,1-3H3. The predicted molar refractivity (Wildman–Crippen MR) is 100 cm³/mol. The summed E-state index contributed by atoms with van der Waals surface area (Å²) in [5.74, 6) is 0.615. The molecule has 0 aliphatic rings. The minimum absolute atomic E-state index is 0.0294. The second kappa shape index (κ2) is 8.53. The van der Waals surface area contributed by atoms with Gasteiger partial charge in [0, 0.05) is 12.6 Å². The largest absolute Gasteiger partial charge is 0.497 e. The first-order chi connectivity index (χ1) is 12.3. The number of aliphatic hydroxyl groups is 1. The Labute approximate surface area is 154 Å². The molecule has 2 N–H and O–H groups in total. The maximum atomic E-state index is 12.6. The summed E-state index contributed by atoms with van der Waals surface area (Å²) < 4.78 is 38.0. The van der Waals surface area contributed by atoms with Crippen LogP contribution in [0.15, 0.2) is 53.4 Å². The molecular formula is C19H25NO5S. The molecule has 2 aromatic carbocycles. The minimum Gasteiger partial charge on any atom is -0.497 e. The van der Waals surface area contributed by atoms with E-state index in [-0.39, 0.29) is 17.2 Å². The highest BCUT2D eigenvalue weighted by Crippen LogP contribution is 2.28. The minimum atomic E-state index is -3.87. The Morgan fingerprint density at radius 3 is 2.38 bits per heavy atom. The molecule has 0 heterocycles. The van der Waals surface area contributed by atoms with Gasteiger partial charge in [-0.25, -0.2) is 13.1 Å². The molecule has 0 amide bonds. The Hall–Kier alpha value is -2.09. The van der Waals surface area contributed by atoms with Gasteiger partial charge in [0.15, 0.2) is 0 Å². The lowest BCUT2D eigenvalue weighted by Crippen LogP contribution is -2.41. The van der Waals surface area contributed by atoms with E-state index in [0.29, 0.717) is 18.6 Å². The number of benzene rings is 2. The summed E-state index contributed by atoms with van der Waals surface area (Å²) >= 11 is 0. The number of rotatable bonds is 9. The lowest BCUT2D eigenvalue weighted by molar-refractivity contribution is 0.0565. The number of hydrogen-bond acceptors (Lipinski definition) is 5. The van der Waals surface area contributed by atoms with Gasteiger partial charge >= 0.3 is 0 Å². The van der Waals surface area contributed by atoms with Gasteiger partial charge in [-0.3, -0.25) is 0 Å². The molecule has 0 radical (unpaired) electrons. The lowest BCUT2D eigenvalue weighted by Gasteiger charge is -2.24. The van der Waals surface area contributed by atoms with Crippen molar-refractivity contribution in [3.05, 3.63) is 54.1 Å². The van der Waals surface area contributed by atoms with Crippen LogP contribution in [0.3, 0.4) is 0 Å². The quantitative estimate of drug-likeness (QED) is 0.699. The van der Waals surface area contributed by atoms with Crippen LogP contribution in [0.2, 0.25) is 0 Å². The fourth-order valence-corrected chi connectivity index (χ4v) is 3.81. The van der Waals surface area contributed by atoms with Crippen LogP contribution in [0.4, 0.5) is 0 Å². The maximum absolute atomic E-state index is 12.6. The van der Waals surface area contributed by atoms with Crippen LogP contribution < -0.4 is 14.2 Å². The van der Waals surface area contributed by atoms with E-state index in [1.807, 2.05) is 30.3 Å². The van der Waals surface area contributed by atoms with Crippen molar-refractivity contribution < 1.29 is 23.0 Å². The normalized spacial score (nSPS) is 13.8. The summed E-state index contributed by atoms with van der Waals surface area (Å²) in [5.41, 5.74) is -0.0974. The van der Waals surface area contributed by atoms with Crippen molar-refractivity contribution in [2.24, 2.45) is 0 Å². The molecule has 26 heavy (non-hydrogen) atoms. The summed E-state index contributed by atoms with van der Waals surface area (Å²) in [5, 5.41) is 10.5. The van der Waals surface area contributed by atoms with E-state index in [1.165, 1.54) is 26.4 Å². The van der Waals surface area contributed by atoms with Gasteiger partial charge in [0.05, 0.1) is 19.8 Å². The molecular weight excluding hydrogens is 354 g/mol. The molecule has 0 fully saturated rings. The van der Waals surface area contributed by atoms with Gasteiger partial charge in [0.25, 0.3) is 0 Å². The average Bonchev–Trinajstić information content (AvgIpc) is 2.65. The predicted octanol–water partition coefficient (Wildman–Crippen LogP) is 2.37. The van der Waals surface area contributed by atoms with Gasteiger partial charge in [-0.15, -0.1) is 0 Å². The smallest absolute Gasteiger partial charge is 0.244 e. The summed E-state index contributed by atoms with van der Waals surface area (Å²) in [7, 11) is -1.01. The fraction of sp³-hybridized carbons (Fsp3) is 0.368. The van der Waals surface area contributed by atoms with Crippen molar-refractivity contribution >= 4 is 10.0 Å². The van der Waals surface area contributed by atoms with Crippen LogP contribution in [0, 0.1) is 0 Å². The van der Waals surface area contributed by atoms with E-state index < -0.39 is 15.6 Å². The van der Waals surface area contributed by atoms with E-state index in [0.717, 1.165) is 5.56 Å². The topological polar surface area (TPSA) is 84.9 Å². The molecule has 0 bridgehead atoms. The van der Waals surface area contributed by atoms with Gasteiger partial charge in [-0.05, 0) is 37.5 Å². The second-order valence-electron chi connectivity index (χ2n) is 6.32. The van der Waals surface area contributed by atoms with Crippen molar-refractivity contribution in [2.45, 2.75) is 30.3 Å². The molecule has 142 valence electrons. The SMILES string of the molecule is COc1ccc(OC)c(S(=O)(=O)NCC(C)(O)CCc2ccccc2)c1. The molecule has 1 unspecified atom stereocenters. The maximum Gasteiger partial charge on any atom is 0.244 e. The Morgan fingerprint density at radius 2 is 1.77 bits per heavy atom. The van der Waals surface area contributed by atoms with Crippen molar-refractivity contribution in [2.75, 3.05) is 20.8 Å². The lowest BCUT2D eigenvalue weighted by atomic mass is 9.97. The van der Waals surface area contributed by atoms with Gasteiger partial charge in [0.2, 0.25) is 10.0 Å². The monoisotopic (exact) mass is 379 g/mol.